The SMILES string of the molecule is O=C(O)[C@H]1CCCCN1C(=O)CC1CC2CCC1C2. The van der Waals surface area contributed by atoms with Gasteiger partial charge < -0.3 is 10.0 Å². The number of carbonyl (C=O) groups excluding carboxylic acids is 1. The van der Waals surface area contributed by atoms with E-state index in [4.69, 9.17) is 0 Å². The van der Waals surface area contributed by atoms with Crippen molar-refractivity contribution in [1.82, 2.24) is 4.90 Å². The third-order valence-electron chi connectivity index (χ3n) is 5.43. The Hall–Kier alpha value is -1.06. The number of fused-ring (bicyclic) bond motifs is 2. The molecule has 19 heavy (non-hydrogen) atoms. The molecule has 3 fully saturated rings. The van der Waals surface area contributed by atoms with Crippen LogP contribution in [0, 0.1) is 17.8 Å². The topological polar surface area (TPSA) is 57.6 Å². The number of carbonyl (C=O) groups is 2. The minimum Gasteiger partial charge on any atom is -0.480 e. The van der Waals surface area contributed by atoms with E-state index in [1.807, 2.05) is 0 Å². The van der Waals surface area contributed by atoms with Gasteiger partial charge in [0, 0.05) is 13.0 Å². The summed E-state index contributed by atoms with van der Waals surface area (Å²) >= 11 is 0. The van der Waals surface area contributed by atoms with E-state index in [2.05, 4.69) is 0 Å². The highest BCUT2D eigenvalue weighted by molar-refractivity contribution is 5.84. The first kappa shape index (κ1) is 12.9. The molecule has 106 valence electrons. The molecular weight excluding hydrogens is 242 g/mol. The van der Waals surface area contributed by atoms with Crippen LogP contribution in [0.15, 0.2) is 0 Å². The molecule has 0 aromatic heterocycles. The summed E-state index contributed by atoms with van der Waals surface area (Å²) in [4.78, 5) is 25.3. The fraction of sp³-hybridized carbons (Fsp3) is 0.867. The van der Waals surface area contributed by atoms with Gasteiger partial charge in [-0.3, -0.25) is 4.79 Å². The van der Waals surface area contributed by atoms with Gasteiger partial charge in [-0.15, -0.1) is 0 Å². The van der Waals surface area contributed by atoms with Crippen LogP contribution in [0.4, 0.5) is 0 Å². The highest BCUT2D eigenvalue weighted by Crippen LogP contribution is 2.49. The number of rotatable bonds is 3. The molecule has 3 aliphatic rings. The Labute approximate surface area is 114 Å². The smallest absolute Gasteiger partial charge is 0.326 e. The van der Waals surface area contributed by atoms with E-state index in [0.29, 0.717) is 25.3 Å². The van der Waals surface area contributed by atoms with Gasteiger partial charge in [0.1, 0.15) is 6.04 Å². The zero-order chi connectivity index (χ0) is 13.4. The molecule has 3 rings (SSSR count). The van der Waals surface area contributed by atoms with E-state index in [1.165, 1.54) is 25.7 Å². The minimum atomic E-state index is -0.832. The third-order valence-corrected chi connectivity index (χ3v) is 5.43. The lowest BCUT2D eigenvalue weighted by Crippen LogP contribution is -2.48. The molecule has 0 radical (unpaired) electrons. The molecule has 0 aromatic rings. The predicted molar refractivity (Wildman–Crippen MR) is 70.5 cm³/mol. The van der Waals surface area contributed by atoms with Gasteiger partial charge in [-0.2, -0.15) is 0 Å². The summed E-state index contributed by atoms with van der Waals surface area (Å²) in [6, 6.07) is -0.570. The lowest BCUT2D eigenvalue weighted by atomic mass is 9.85. The molecule has 2 aliphatic carbocycles. The summed E-state index contributed by atoms with van der Waals surface area (Å²) in [6.07, 6.45) is 8.22. The van der Waals surface area contributed by atoms with Gasteiger partial charge in [-0.25, -0.2) is 4.79 Å². The fourth-order valence-corrected chi connectivity index (χ4v) is 4.45. The van der Waals surface area contributed by atoms with E-state index in [-0.39, 0.29) is 5.91 Å². The number of piperidine rings is 1. The molecule has 1 heterocycles. The summed E-state index contributed by atoms with van der Waals surface area (Å²) in [5.74, 6) is 1.37. The van der Waals surface area contributed by atoms with Crippen molar-refractivity contribution >= 4 is 11.9 Å². The molecule has 1 aliphatic heterocycles. The van der Waals surface area contributed by atoms with Crippen LogP contribution >= 0.6 is 0 Å². The zero-order valence-electron chi connectivity index (χ0n) is 11.4. The molecule has 1 amide bonds. The lowest BCUT2D eigenvalue weighted by Gasteiger charge is -2.34. The van der Waals surface area contributed by atoms with Crippen LogP contribution in [0.25, 0.3) is 0 Å². The predicted octanol–water partition coefficient (Wildman–Crippen LogP) is 2.28. The van der Waals surface area contributed by atoms with Crippen LogP contribution in [0.3, 0.4) is 0 Å². The van der Waals surface area contributed by atoms with Crippen LogP contribution < -0.4 is 0 Å². The quantitative estimate of drug-likeness (QED) is 0.851. The molecular formula is C15H23NO3. The number of aliphatic carboxylic acids is 1. The van der Waals surface area contributed by atoms with Crippen molar-refractivity contribution in [3.63, 3.8) is 0 Å². The minimum absolute atomic E-state index is 0.0876. The molecule has 4 heteroatoms. The van der Waals surface area contributed by atoms with Crippen molar-refractivity contribution in [2.45, 2.75) is 57.4 Å². The van der Waals surface area contributed by atoms with Gasteiger partial charge in [0.25, 0.3) is 0 Å². The average Bonchev–Trinajstić information content (AvgIpc) is 3.01. The van der Waals surface area contributed by atoms with Crippen molar-refractivity contribution in [2.75, 3.05) is 6.54 Å². The van der Waals surface area contributed by atoms with Gasteiger partial charge in [0.15, 0.2) is 0 Å². The van der Waals surface area contributed by atoms with Crippen LogP contribution in [0.1, 0.15) is 51.4 Å². The van der Waals surface area contributed by atoms with E-state index < -0.39 is 12.0 Å². The average molecular weight is 265 g/mol. The number of carboxylic acid groups (broad SMARTS) is 1. The standard InChI is InChI=1S/C15H23NO3/c17-14(9-12-8-10-4-5-11(12)7-10)16-6-2-1-3-13(16)15(18)19/h10-13H,1-9H2,(H,18,19)/t10?,11?,12?,13-/m1/s1. The Morgan fingerprint density at radius 2 is 1.95 bits per heavy atom. The van der Waals surface area contributed by atoms with Gasteiger partial charge in [-0.1, -0.05) is 6.42 Å². The van der Waals surface area contributed by atoms with Crippen molar-refractivity contribution in [3.8, 4) is 0 Å². The van der Waals surface area contributed by atoms with Crippen molar-refractivity contribution in [3.05, 3.63) is 0 Å². The maximum Gasteiger partial charge on any atom is 0.326 e. The Kier molecular flexibility index (Phi) is 3.50. The Morgan fingerprint density at radius 1 is 1.11 bits per heavy atom. The monoisotopic (exact) mass is 265 g/mol. The van der Waals surface area contributed by atoms with Crippen LogP contribution in [-0.2, 0) is 9.59 Å². The first-order valence-corrected chi connectivity index (χ1v) is 7.67. The molecule has 4 nitrogen and oxygen atoms in total. The highest BCUT2D eigenvalue weighted by Gasteiger charge is 2.41. The summed E-state index contributed by atoms with van der Waals surface area (Å²) in [6.45, 7) is 0.636. The summed E-state index contributed by atoms with van der Waals surface area (Å²) in [7, 11) is 0. The molecule has 2 bridgehead atoms. The largest absolute Gasteiger partial charge is 0.480 e. The summed E-state index contributed by atoms with van der Waals surface area (Å²) < 4.78 is 0. The maximum atomic E-state index is 12.4. The molecule has 4 atom stereocenters. The Balaban J connectivity index is 1.61. The van der Waals surface area contributed by atoms with E-state index in [1.54, 1.807) is 4.90 Å². The molecule has 1 saturated heterocycles. The normalized spacial score (nSPS) is 37.6. The van der Waals surface area contributed by atoms with Gasteiger partial charge in [0.2, 0.25) is 5.91 Å². The zero-order valence-corrected chi connectivity index (χ0v) is 11.4. The number of nitrogens with zero attached hydrogens (tertiary/aromatic N) is 1. The van der Waals surface area contributed by atoms with Crippen molar-refractivity contribution in [1.29, 1.82) is 0 Å². The van der Waals surface area contributed by atoms with Crippen molar-refractivity contribution in [2.24, 2.45) is 17.8 Å². The van der Waals surface area contributed by atoms with E-state index >= 15 is 0 Å². The van der Waals surface area contributed by atoms with Gasteiger partial charge >= 0.3 is 5.97 Å². The molecule has 2 saturated carbocycles. The first-order chi connectivity index (χ1) is 9.15. The number of amides is 1. The first-order valence-electron chi connectivity index (χ1n) is 7.67. The fourth-order valence-electron chi connectivity index (χ4n) is 4.45. The Morgan fingerprint density at radius 3 is 2.58 bits per heavy atom. The van der Waals surface area contributed by atoms with Gasteiger partial charge in [-0.05, 0) is 56.3 Å². The number of carboxylic acids is 1. The second-order valence-corrected chi connectivity index (χ2v) is 6.58. The van der Waals surface area contributed by atoms with Crippen LogP contribution in [-0.4, -0.2) is 34.5 Å². The van der Waals surface area contributed by atoms with Crippen LogP contribution in [0.5, 0.6) is 0 Å². The maximum absolute atomic E-state index is 12.4. The molecule has 3 unspecified atom stereocenters. The molecule has 0 spiro atoms. The summed E-state index contributed by atoms with van der Waals surface area (Å²) in [5, 5.41) is 9.23. The Bertz CT molecular complexity index is 382. The second-order valence-electron chi connectivity index (χ2n) is 6.58. The van der Waals surface area contributed by atoms with Crippen molar-refractivity contribution < 1.29 is 14.7 Å². The third kappa shape index (κ3) is 2.49. The highest BCUT2D eigenvalue weighted by atomic mass is 16.4. The number of hydrogen-bond donors (Lipinski definition) is 1. The number of likely N-dealkylation sites (tertiary alicyclic amines) is 1. The van der Waals surface area contributed by atoms with E-state index in [9.17, 15) is 14.7 Å². The van der Waals surface area contributed by atoms with E-state index in [0.717, 1.165) is 24.7 Å². The summed E-state index contributed by atoms with van der Waals surface area (Å²) in [5.41, 5.74) is 0. The molecule has 0 aromatic carbocycles. The second kappa shape index (κ2) is 5.14. The number of hydrogen-bond acceptors (Lipinski definition) is 2. The lowest BCUT2D eigenvalue weighted by molar-refractivity contribution is -0.152. The van der Waals surface area contributed by atoms with Crippen LogP contribution in [0.2, 0.25) is 0 Å². The van der Waals surface area contributed by atoms with Gasteiger partial charge in [0.05, 0.1) is 0 Å². The molecule has 1 N–H and O–H groups in total.